The van der Waals surface area contributed by atoms with E-state index in [0.29, 0.717) is 0 Å². The maximum absolute atomic E-state index is 2.24. The summed E-state index contributed by atoms with van der Waals surface area (Å²) >= 11 is 0. The molecule has 1 nitrogen and oxygen atoms in total. The van der Waals surface area contributed by atoms with Gasteiger partial charge in [-0.25, -0.2) is 0 Å². The van der Waals surface area contributed by atoms with Gasteiger partial charge in [-0.1, -0.05) is 6.08 Å². The van der Waals surface area contributed by atoms with E-state index in [2.05, 4.69) is 38.4 Å². The molecule has 0 aromatic heterocycles. The Kier molecular flexibility index (Phi) is 1.72. The van der Waals surface area contributed by atoms with Crippen LogP contribution < -0.4 is 0 Å². The molecule has 0 fully saturated rings. The van der Waals surface area contributed by atoms with E-state index < -0.39 is 0 Å². The maximum atomic E-state index is 2.24. The van der Waals surface area contributed by atoms with E-state index in [1.807, 2.05) is 0 Å². The molecule has 0 saturated heterocycles. The quantitative estimate of drug-likeness (QED) is 0.465. The second-order valence-electron chi connectivity index (χ2n) is 2.75. The van der Waals surface area contributed by atoms with Gasteiger partial charge in [-0.05, 0) is 19.1 Å². The largest absolute Gasteiger partial charge is 0.297 e. The van der Waals surface area contributed by atoms with Crippen molar-refractivity contribution in [1.82, 2.24) is 0 Å². The van der Waals surface area contributed by atoms with Crippen molar-refractivity contribution in [2.24, 2.45) is 0 Å². The molecule has 1 aliphatic rings. The van der Waals surface area contributed by atoms with Crippen LogP contribution in [0.4, 0.5) is 0 Å². The van der Waals surface area contributed by atoms with Crippen molar-refractivity contribution in [2.75, 3.05) is 20.1 Å². The zero-order chi connectivity index (χ0) is 6.74. The van der Waals surface area contributed by atoms with Crippen LogP contribution in [0.1, 0.15) is 6.92 Å². The van der Waals surface area contributed by atoms with Gasteiger partial charge in [0.2, 0.25) is 0 Å². The predicted octanol–water partition coefficient (Wildman–Crippen LogP) is 1.54. The highest BCUT2D eigenvalue weighted by molar-refractivity contribution is 5.03. The highest BCUT2D eigenvalue weighted by atomic mass is 15.3. The van der Waals surface area contributed by atoms with Crippen LogP contribution in [0, 0.1) is 0 Å². The van der Waals surface area contributed by atoms with Crippen LogP contribution in [0.5, 0.6) is 0 Å². The van der Waals surface area contributed by atoms with Crippen LogP contribution in [-0.4, -0.2) is 24.6 Å². The molecule has 1 atom stereocenters. The summed E-state index contributed by atoms with van der Waals surface area (Å²) in [5, 5.41) is 0. The number of hydrogen-bond donors (Lipinski definition) is 0. The van der Waals surface area contributed by atoms with E-state index in [4.69, 9.17) is 0 Å². The first-order valence-electron chi connectivity index (χ1n) is 3.45. The number of likely N-dealkylation sites (N-methyl/N-ethyl adjacent to an activating group) is 1. The minimum absolute atomic E-state index is 1.05. The average molecular weight is 124 g/mol. The third-order valence-electron chi connectivity index (χ3n) is 1.94. The first-order valence-corrected chi connectivity index (χ1v) is 3.45. The summed E-state index contributed by atoms with van der Waals surface area (Å²) in [4.78, 5) is 0. The van der Waals surface area contributed by atoms with Crippen molar-refractivity contribution >= 4 is 0 Å². The predicted molar refractivity (Wildman–Crippen MR) is 39.9 cm³/mol. The minimum atomic E-state index is 1.05. The standard InChI is InChI=1S/C8H14N/c1-3-9(2)7-5-4-6-8-9/h4-7H,3,8H2,1-2H3/q+1. The zero-order valence-electron chi connectivity index (χ0n) is 6.17. The van der Waals surface area contributed by atoms with Crippen LogP contribution in [0.2, 0.25) is 0 Å². The molecule has 0 radical (unpaired) electrons. The van der Waals surface area contributed by atoms with Gasteiger partial charge >= 0.3 is 0 Å². The van der Waals surface area contributed by atoms with E-state index in [1.165, 1.54) is 6.54 Å². The van der Waals surface area contributed by atoms with Gasteiger partial charge in [0, 0.05) is 0 Å². The Labute approximate surface area is 56.9 Å². The van der Waals surface area contributed by atoms with E-state index >= 15 is 0 Å². The molecule has 9 heavy (non-hydrogen) atoms. The van der Waals surface area contributed by atoms with Gasteiger partial charge in [0.1, 0.15) is 6.54 Å². The Bertz CT molecular complexity index is 147. The summed E-state index contributed by atoms with van der Waals surface area (Å²) in [5.74, 6) is 0. The second-order valence-corrected chi connectivity index (χ2v) is 2.75. The van der Waals surface area contributed by atoms with Crippen LogP contribution in [-0.2, 0) is 0 Å². The lowest BCUT2D eigenvalue weighted by Gasteiger charge is -2.28. The molecule has 0 bridgehead atoms. The van der Waals surface area contributed by atoms with E-state index in [-0.39, 0.29) is 0 Å². The Morgan fingerprint density at radius 2 is 2.22 bits per heavy atom. The molecule has 0 aliphatic carbocycles. The lowest BCUT2D eigenvalue weighted by Crippen LogP contribution is -2.38. The fraction of sp³-hybridized carbons (Fsp3) is 0.500. The molecule has 50 valence electrons. The summed E-state index contributed by atoms with van der Waals surface area (Å²) in [6.45, 7) is 4.54. The van der Waals surface area contributed by atoms with E-state index in [1.54, 1.807) is 0 Å². The molecule has 0 saturated carbocycles. The molecular formula is C8H14N+. The number of rotatable bonds is 1. The van der Waals surface area contributed by atoms with Gasteiger partial charge in [-0.3, -0.25) is 4.48 Å². The number of quaternary nitrogens is 1. The first kappa shape index (κ1) is 6.56. The Morgan fingerprint density at radius 1 is 1.44 bits per heavy atom. The lowest BCUT2D eigenvalue weighted by molar-refractivity contribution is -0.852. The van der Waals surface area contributed by atoms with Crippen molar-refractivity contribution < 1.29 is 4.48 Å². The summed E-state index contributed by atoms with van der Waals surface area (Å²) in [7, 11) is 2.24. The van der Waals surface area contributed by atoms with Gasteiger partial charge in [0.15, 0.2) is 0 Å². The highest BCUT2D eigenvalue weighted by Gasteiger charge is 2.13. The third kappa shape index (κ3) is 1.42. The smallest absolute Gasteiger partial charge is 0.102 e. The van der Waals surface area contributed by atoms with Gasteiger partial charge in [0.25, 0.3) is 0 Å². The molecule has 0 aromatic carbocycles. The van der Waals surface area contributed by atoms with Crippen LogP contribution in [0.25, 0.3) is 0 Å². The molecule has 0 spiro atoms. The molecule has 1 unspecified atom stereocenters. The van der Waals surface area contributed by atoms with Crippen LogP contribution >= 0.6 is 0 Å². The highest BCUT2D eigenvalue weighted by Crippen LogP contribution is 2.07. The summed E-state index contributed by atoms with van der Waals surface area (Å²) < 4.78 is 1.05. The van der Waals surface area contributed by atoms with Crippen LogP contribution in [0.15, 0.2) is 24.4 Å². The van der Waals surface area contributed by atoms with Crippen molar-refractivity contribution in [3.8, 4) is 0 Å². The van der Waals surface area contributed by atoms with E-state index in [0.717, 1.165) is 11.0 Å². The number of nitrogens with zero attached hydrogens (tertiary/aromatic N) is 1. The maximum Gasteiger partial charge on any atom is 0.102 e. The van der Waals surface area contributed by atoms with Gasteiger partial charge in [-0.15, -0.1) is 0 Å². The average Bonchev–Trinajstić information content (AvgIpc) is 1.90. The van der Waals surface area contributed by atoms with Crippen molar-refractivity contribution in [3.05, 3.63) is 24.4 Å². The van der Waals surface area contributed by atoms with Crippen molar-refractivity contribution in [2.45, 2.75) is 6.92 Å². The molecule has 1 aliphatic heterocycles. The zero-order valence-corrected chi connectivity index (χ0v) is 6.17. The summed E-state index contributed by atoms with van der Waals surface area (Å²) in [5.41, 5.74) is 0. The fourth-order valence-electron chi connectivity index (χ4n) is 0.933. The van der Waals surface area contributed by atoms with Crippen molar-refractivity contribution in [1.29, 1.82) is 0 Å². The van der Waals surface area contributed by atoms with Crippen molar-refractivity contribution in [3.63, 3.8) is 0 Å². The van der Waals surface area contributed by atoms with Gasteiger partial charge in [-0.2, -0.15) is 0 Å². The molecule has 0 aromatic rings. The third-order valence-corrected chi connectivity index (χ3v) is 1.94. The molecule has 0 amide bonds. The monoisotopic (exact) mass is 124 g/mol. The van der Waals surface area contributed by atoms with Gasteiger partial charge < -0.3 is 0 Å². The minimum Gasteiger partial charge on any atom is -0.297 e. The van der Waals surface area contributed by atoms with E-state index in [9.17, 15) is 0 Å². The Morgan fingerprint density at radius 3 is 2.56 bits per heavy atom. The van der Waals surface area contributed by atoms with Gasteiger partial charge in [0.05, 0.1) is 19.8 Å². The number of allylic oxidation sites excluding steroid dienone is 2. The Balaban J connectivity index is 2.63. The second kappa shape index (κ2) is 2.36. The Hall–Kier alpha value is -0.560. The number of hydrogen-bond acceptors (Lipinski definition) is 0. The molecule has 0 N–H and O–H groups in total. The van der Waals surface area contributed by atoms with Crippen LogP contribution in [0.3, 0.4) is 0 Å². The first-order chi connectivity index (χ1) is 4.27. The SMILES string of the molecule is CC[N+]1(C)C=CC=CC1. The normalized spacial score (nSPS) is 33.1. The molecule has 1 rings (SSSR count). The summed E-state index contributed by atoms with van der Waals surface area (Å²) in [6.07, 6.45) is 8.67. The fourth-order valence-corrected chi connectivity index (χ4v) is 0.933. The molecule has 1 heteroatoms. The topological polar surface area (TPSA) is 0 Å². The molecule has 1 heterocycles. The molecular weight excluding hydrogens is 110 g/mol. The summed E-state index contributed by atoms with van der Waals surface area (Å²) in [6, 6.07) is 0. The lowest BCUT2D eigenvalue weighted by atomic mass is 10.3.